The number of imidazole rings is 1. The molecule has 0 fully saturated rings. The van der Waals surface area contributed by atoms with Crippen molar-refractivity contribution >= 4 is 34.9 Å². The summed E-state index contributed by atoms with van der Waals surface area (Å²) < 4.78 is 29.0. The van der Waals surface area contributed by atoms with Crippen molar-refractivity contribution < 1.29 is 8.78 Å². The number of rotatable bonds is 1. The van der Waals surface area contributed by atoms with Crippen molar-refractivity contribution in [3.63, 3.8) is 0 Å². The fourth-order valence-corrected chi connectivity index (χ4v) is 2.62. The van der Waals surface area contributed by atoms with E-state index in [1.807, 2.05) is 6.07 Å². The van der Waals surface area contributed by atoms with Gasteiger partial charge in [-0.1, -0.05) is 11.6 Å². The normalized spacial score (nSPS) is 10.8. The molecular weight excluding hydrogens is 316 g/mol. The molecule has 0 saturated heterocycles. The molecule has 0 amide bonds. The predicted octanol–water partition coefficient (Wildman–Crippen LogP) is 4.49. The molecule has 104 valence electrons. The lowest BCUT2D eigenvalue weighted by Crippen LogP contribution is -1.99. The van der Waals surface area contributed by atoms with Gasteiger partial charge in [-0.3, -0.25) is 4.57 Å². The van der Waals surface area contributed by atoms with Gasteiger partial charge in [-0.05, 0) is 42.5 Å². The van der Waals surface area contributed by atoms with Crippen LogP contribution in [0.4, 0.5) is 8.78 Å². The van der Waals surface area contributed by atoms with Crippen LogP contribution in [0.25, 0.3) is 16.7 Å². The smallest absolute Gasteiger partial charge is 0.184 e. The highest BCUT2D eigenvalue weighted by Gasteiger charge is 2.16. The number of nitrogens with one attached hydrogen (secondary N) is 1. The van der Waals surface area contributed by atoms with Crippen LogP contribution >= 0.6 is 23.8 Å². The molecule has 3 aromatic rings. The molecule has 0 saturated carbocycles. The molecule has 0 aliphatic carbocycles. The zero-order valence-electron chi connectivity index (χ0n) is 10.3. The summed E-state index contributed by atoms with van der Waals surface area (Å²) in [6.45, 7) is 0. The number of hydrogen-bond acceptors (Lipinski definition) is 2. The molecule has 0 aliphatic rings. The lowest BCUT2D eigenvalue weighted by molar-refractivity contribution is 0.514. The minimum Gasteiger partial charge on any atom is -0.330 e. The highest BCUT2D eigenvalue weighted by molar-refractivity contribution is 7.71. The molecule has 3 rings (SSSR count). The second kappa shape index (κ2) is 4.95. The maximum absolute atomic E-state index is 14.1. The fraction of sp³-hybridized carbons (Fsp3) is 0. The van der Waals surface area contributed by atoms with Crippen LogP contribution in [0.5, 0.6) is 0 Å². The van der Waals surface area contributed by atoms with E-state index in [9.17, 15) is 8.78 Å². The molecule has 0 bridgehead atoms. The van der Waals surface area contributed by atoms with Gasteiger partial charge in [0, 0.05) is 0 Å². The third kappa shape index (κ3) is 2.11. The second-order valence-corrected chi connectivity index (χ2v) is 5.09. The molecule has 21 heavy (non-hydrogen) atoms. The molecule has 0 atom stereocenters. The Hall–Kier alpha value is -2.23. The first-order valence-corrected chi connectivity index (χ1v) is 6.60. The van der Waals surface area contributed by atoms with Gasteiger partial charge in [-0.2, -0.15) is 5.26 Å². The molecular formula is C14H6ClF2N3S. The summed E-state index contributed by atoms with van der Waals surface area (Å²) >= 11 is 11.3. The molecule has 0 aliphatic heterocycles. The number of aromatic amines is 1. The Labute approximate surface area is 128 Å². The van der Waals surface area contributed by atoms with Crippen LogP contribution in [0.1, 0.15) is 5.56 Å². The molecule has 1 heterocycles. The Kier molecular flexibility index (Phi) is 3.24. The summed E-state index contributed by atoms with van der Waals surface area (Å²) in [5.41, 5.74) is 0.952. The molecule has 0 spiro atoms. The third-order valence-electron chi connectivity index (χ3n) is 3.05. The average molecular weight is 322 g/mol. The molecule has 0 radical (unpaired) electrons. The molecule has 2 aromatic carbocycles. The van der Waals surface area contributed by atoms with E-state index in [0.717, 1.165) is 6.07 Å². The Balaban J connectivity index is 2.46. The summed E-state index contributed by atoms with van der Waals surface area (Å²) in [5.74, 6) is -2.02. The van der Waals surface area contributed by atoms with Crippen molar-refractivity contribution in [2.75, 3.05) is 0 Å². The van der Waals surface area contributed by atoms with E-state index in [1.54, 1.807) is 0 Å². The lowest BCUT2D eigenvalue weighted by atomic mass is 10.2. The van der Waals surface area contributed by atoms with Crippen LogP contribution in [0.3, 0.4) is 0 Å². The van der Waals surface area contributed by atoms with Crippen molar-refractivity contribution in [2.24, 2.45) is 0 Å². The van der Waals surface area contributed by atoms with Gasteiger partial charge in [0.2, 0.25) is 0 Å². The van der Waals surface area contributed by atoms with E-state index < -0.39 is 11.6 Å². The Morgan fingerprint density at radius 3 is 2.71 bits per heavy atom. The van der Waals surface area contributed by atoms with Gasteiger partial charge < -0.3 is 4.98 Å². The van der Waals surface area contributed by atoms with Crippen molar-refractivity contribution in [2.45, 2.75) is 0 Å². The number of hydrogen-bond donors (Lipinski definition) is 1. The van der Waals surface area contributed by atoms with Crippen LogP contribution < -0.4 is 0 Å². The van der Waals surface area contributed by atoms with Crippen LogP contribution in [0.15, 0.2) is 30.3 Å². The van der Waals surface area contributed by atoms with Gasteiger partial charge >= 0.3 is 0 Å². The van der Waals surface area contributed by atoms with Gasteiger partial charge in [0.1, 0.15) is 5.52 Å². The number of aromatic nitrogens is 2. The third-order valence-corrected chi connectivity index (χ3v) is 3.66. The van der Waals surface area contributed by atoms with Crippen LogP contribution in [0, 0.1) is 27.7 Å². The van der Waals surface area contributed by atoms with E-state index in [0.29, 0.717) is 16.8 Å². The maximum Gasteiger partial charge on any atom is 0.184 e. The topological polar surface area (TPSA) is 44.5 Å². The molecule has 1 N–H and O–H groups in total. The average Bonchev–Trinajstić information content (AvgIpc) is 2.81. The van der Waals surface area contributed by atoms with Crippen molar-refractivity contribution in [1.82, 2.24) is 9.55 Å². The fourth-order valence-electron chi connectivity index (χ4n) is 2.12. The van der Waals surface area contributed by atoms with Crippen molar-refractivity contribution in [1.29, 1.82) is 5.26 Å². The van der Waals surface area contributed by atoms with Gasteiger partial charge in [0.05, 0.1) is 27.9 Å². The van der Waals surface area contributed by atoms with Crippen LogP contribution in [0.2, 0.25) is 5.02 Å². The van der Waals surface area contributed by atoms with E-state index in [-0.39, 0.29) is 15.3 Å². The number of nitriles is 1. The van der Waals surface area contributed by atoms with Crippen LogP contribution in [-0.4, -0.2) is 9.55 Å². The molecule has 1 aromatic heterocycles. The minimum atomic E-state index is -1.03. The standard InChI is InChI=1S/C14H6ClF2N3S/c15-8-2-1-7(6-18)5-11(8)20-13-10(19-14(20)21)4-3-9(16)12(13)17/h1-5H,(H,19,21). The summed E-state index contributed by atoms with van der Waals surface area (Å²) in [5, 5.41) is 9.23. The highest BCUT2D eigenvalue weighted by atomic mass is 35.5. The van der Waals surface area contributed by atoms with E-state index in [1.165, 1.54) is 28.8 Å². The SMILES string of the molecule is N#Cc1ccc(Cl)c(-n2c(=S)[nH]c3ccc(F)c(F)c32)c1. The van der Waals surface area contributed by atoms with E-state index >= 15 is 0 Å². The van der Waals surface area contributed by atoms with Gasteiger partial charge in [0.15, 0.2) is 16.4 Å². The Bertz CT molecular complexity index is 969. The lowest BCUT2D eigenvalue weighted by Gasteiger charge is -2.08. The zero-order chi connectivity index (χ0) is 15.1. The van der Waals surface area contributed by atoms with Crippen LogP contribution in [-0.2, 0) is 0 Å². The first-order chi connectivity index (χ1) is 10.0. The number of halogens is 3. The summed E-state index contributed by atoms with van der Waals surface area (Å²) in [4.78, 5) is 2.79. The summed E-state index contributed by atoms with van der Waals surface area (Å²) in [6.07, 6.45) is 0. The number of H-pyrrole nitrogens is 1. The maximum atomic E-state index is 14.1. The molecule has 7 heteroatoms. The highest BCUT2D eigenvalue weighted by Crippen LogP contribution is 2.28. The van der Waals surface area contributed by atoms with Gasteiger partial charge in [-0.15, -0.1) is 0 Å². The minimum absolute atomic E-state index is 0.0445. The predicted molar refractivity (Wildman–Crippen MR) is 78.1 cm³/mol. The van der Waals surface area contributed by atoms with Crippen molar-refractivity contribution in [3.05, 3.63) is 57.3 Å². The quantitative estimate of drug-likeness (QED) is 0.671. The Morgan fingerprint density at radius 2 is 2.00 bits per heavy atom. The summed E-state index contributed by atoms with van der Waals surface area (Å²) in [6, 6.07) is 8.88. The largest absolute Gasteiger partial charge is 0.330 e. The second-order valence-electron chi connectivity index (χ2n) is 4.30. The van der Waals surface area contributed by atoms with Crippen molar-refractivity contribution in [3.8, 4) is 11.8 Å². The Morgan fingerprint density at radius 1 is 1.24 bits per heavy atom. The van der Waals surface area contributed by atoms with Gasteiger partial charge in [-0.25, -0.2) is 8.78 Å². The molecule has 0 unspecified atom stereocenters. The van der Waals surface area contributed by atoms with E-state index in [2.05, 4.69) is 4.98 Å². The number of fused-ring (bicyclic) bond motifs is 1. The van der Waals surface area contributed by atoms with Gasteiger partial charge in [0.25, 0.3) is 0 Å². The summed E-state index contributed by atoms with van der Waals surface area (Å²) in [7, 11) is 0. The number of benzene rings is 2. The first kappa shape index (κ1) is 13.7. The molecule has 3 nitrogen and oxygen atoms in total. The van der Waals surface area contributed by atoms with E-state index in [4.69, 9.17) is 29.1 Å². The monoisotopic (exact) mass is 321 g/mol. The number of nitrogens with zero attached hydrogens (tertiary/aromatic N) is 2. The first-order valence-electron chi connectivity index (χ1n) is 5.81. The zero-order valence-corrected chi connectivity index (χ0v) is 11.9.